The van der Waals surface area contributed by atoms with Crippen molar-refractivity contribution in [3.8, 4) is 0 Å². The van der Waals surface area contributed by atoms with E-state index in [0.717, 1.165) is 5.25 Å². The van der Waals surface area contributed by atoms with Gasteiger partial charge in [-0.05, 0) is 0 Å². The fraction of sp³-hybridized carbons (Fsp3) is 1.00. The van der Waals surface area contributed by atoms with Crippen LogP contribution in [-0.4, -0.2) is 29.6 Å². The molecular formula is C4H11Cl2GeN. The SMILES string of the molecule is C[CH2][Ge]([Cl])([Cl])[N](C)C. The van der Waals surface area contributed by atoms with Gasteiger partial charge < -0.3 is 0 Å². The first-order valence-electron chi connectivity index (χ1n) is 2.56. The predicted octanol–water partition coefficient (Wildman–Crippen LogP) is 1.98. The van der Waals surface area contributed by atoms with Crippen LogP contribution in [0.25, 0.3) is 0 Å². The van der Waals surface area contributed by atoms with Crippen molar-refractivity contribution in [1.82, 2.24) is 3.86 Å². The van der Waals surface area contributed by atoms with Crippen molar-refractivity contribution in [1.29, 1.82) is 0 Å². The summed E-state index contributed by atoms with van der Waals surface area (Å²) in [5, 5.41) is 0.927. The summed E-state index contributed by atoms with van der Waals surface area (Å²) in [5.74, 6) is 0. The van der Waals surface area contributed by atoms with Crippen LogP contribution in [0.15, 0.2) is 0 Å². The minimum absolute atomic E-state index is 0.927. The van der Waals surface area contributed by atoms with Crippen LogP contribution in [-0.2, 0) is 0 Å². The molecule has 0 aromatic carbocycles. The monoisotopic (exact) mass is 217 g/mol. The van der Waals surface area contributed by atoms with Gasteiger partial charge in [-0.3, -0.25) is 0 Å². The fourth-order valence-electron chi connectivity index (χ4n) is 0.316. The Balaban J connectivity index is 3.71. The van der Waals surface area contributed by atoms with E-state index in [1.54, 1.807) is 0 Å². The Morgan fingerprint density at radius 3 is 1.75 bits per heavy atom. The van der Waals surface area contributed by atoms with Crippen LogP contribution in [0.1, 0.15) is 6.92 Å². The third-order valence-electron chi connectivity index (χ3n) is 1.08. The topological polar surface area (TPSA) is 3.24 Å². The van der Waals surface area contributed by atoms with Crippen LogP contribution >= 0.6 is 20.0 Å². The molecule has 0 atom stereocenters. The van der Waals surface area contributed by atoms with Crippen molar-refractivity contribution in [2.24, 2.45) is 0 Å². The molecular weight excluding hydrogens is 206 g/mol. The molecule has 0 rings (SSSR count). The van der Waals surface area contributed by atoms with Gasteiger partial charge in [0, 0.05) is 0 Å². The first-order chi connectivity index (χ1) is 3.50. The van der Waals surface area contributed by atoms with E-state index >= 15 is 0 Å². The minimum atomic E-state index is -2.43. The second-order valence-electron chi connectivity index (χ2n) is 1.91. The van der Waals surface area contributed by atoms with Gasteiger partial charge in [-0.25, -0.2) is 0 Å². The van der Waals surface area contributed by atoms with Gasteiger partial charge in [-0.2, -0.15) is 0 Å². The van der Waals surface area contributed by atoms with Crippen LogP contribution in [0, 0.1) is 0 Å². The molecule has 0 bridgehead atoms. The quantitative estimate of drug-likeness (QED) is 0.638. The maximum atomic E-state index is 5.93. The normalized spacial score (nSPS) is 12.8. The Labute approximate surface area is 61.9 Å². The molecule has 0 saturated heterocycles. The summed E-state index contributed by atoms with van der Waals surface area (Å²) >= 11 is -2.43. The van der Waals surface area contributed by atoms with Gasteiger partial charge in [0.05, 0.1) is 0 Å². The number of nitrogens with zero attached hydrogens (tertiary/aromatic N) is 1. The number of rotatable bonds is 2. The van der Waals surface area contributed by atoms with Crippen molar-refractivity contribution >= 4 is 31.6 Å². The molecule has 0 fully saturated rings. The van der Waals surface area contributed by atoms with Crippen molar-refractivity contribution < 1.29 is 0 Å². The van der Waals surface area contributed by atoms with Crippen LogP contribution in [0.4, 0.5) is 0 Å². The van der Waals surface area contributed by atoms with Gasteiger partial charge in [0.25, 0.3) is 0 Å². The third kappa shape index (κ3) is 2.58. The molecule has 0 N–H and O–H groups in total. The van der Waals surface area contributed by atoms with Gasteiger partial charge in [-0.15, -0.1) is 0 Å². The standard InChI is InChI=1S/C4H11Cl2GeN/c1-4-7(5,6)8(2)3/h4H2,1-3H3. The Bertz CT molecular complexity index is 74.4. The average Bonchev–Trinajstić information content (AvgIpc) is 1.67. The molecule has 4 heteroatoms. The maximum absolute atomic E-state index is 5.93. The van der Waals surface area contributed by atoms with E-state index in [9.17, 15) is 0 Å². The summed E-state index contributed by atoms with van der Waals surface area (Å²) in [4.78, 5) is 0. The second-order valence-corrected chi connectivity index (χ2v) is 15.6. The molecule has 0 radical (unpaired) electrons. The van der Waals surface area contributed by atoms with E-state index in [4.69, 9.17) is 20.0 Å². The second kappa shape index (κ2) is 3.30. The summed E-state index contributed by atoms with van der Waals surface area (Å²) in [6, 6.07) is 0. The first-order valence-corrected chi connectivity index (χ1v) is 10.5. The van der Waals surface area contributed by atoms with Gasteiger partial charge in [0.15, 0.2) is 0 Å². The summed E-state index contributed by atoms with van der Waals surface area (Å²) in [6.45, 7) is 2.03. The molecule has 1 nitrogen and oxygen atoms in total. The Morgan fingerprint density at radius 2 is 1.75 bits per heavy atom. The molecule has 0 aliphatic carbocycles. The van der Waals surface area contributed by atoms with E-state index in [1.807, 2.05) is 24.9 Å². The molecule has 0 aliphatic rings. The number of hydrogen-bond donors (Lipinski definition) is 0. The molecule has 0 aromatic heterocycles. The zero-order chi connectivity index (χ0) is 6.78. The Morgan fingerprint density at radius 1 is 1.38 bits per heavy atom. The average molecular weight is 217 g/mol. The molecule has 0 unspecified atom stereocenters. The van der Waals surface area contributed by atoms with Gasteiger partial charge in [0.1, 0.15) is 0 Å². The van der Waals surface area contributed by atoms with E-state index in [0.29, 0.717) is 0 Å². The van der Waals surface area contributed by atoms with Crippen LogP contribution in [0.3, 0.4) is 0 Å². The molecule has 0 spiro atoms. The van der Waals surface area contributed by atoms with Crippen LogP contribution < -0.4 is 0 Å². The molecule has 50 valence electrons. The Hall–Kier alpha value is 1.08. The molecule has 0 saturated carbocycles. The van der Waals surface area contributed by atoms with Gasteiger partial charge in [0.2, 0.25) is 0 Å². The van der Waals surface area contributed by atoms with Gasteiger partial charge >= 0.3 is 61.8 Å². The third-order valence-corrected chi connectivity index (χ3v) is 11.9. The van der Waals surface area contributed by atoms with E-state index < -0.39 is 11.6 Å². The molecule has 0 amide bonds. The van der Waals surface area contributed by atoms with Crippen LogP contribution in [0.5, 0.6) is 0 Å². The van der Waals surface area contributed by atoms with Crippen molar-refractivity contribution in [3.05, 3.63) is 0 Å². The van der Waals surface area contributed by atoms with Crippen molar-refractivity contribution in [3.63, 3.8) is 0 Å². The zero-order valence-corrected chi connectivity index (χ0v) is 9.02. The van der Waals surface area contributed by atoms with Crippen LogP contribution in [0.2, 0.25) is 5.25 Å². The predicted molar refractivity (Wildman–Crippen MR) is 41.6 cm³/mol. The van der Waals surface area contributed by atoms with E-state index in [2.05, 4.69) is 0 Å². The molecule has 0 aromatic rings. The summed E-state index contributed by atoms with van der Waals surface area (Å²) in [6.07, 6.45) is 0. The molecule has 0 heterocycles. The first kappa shape index (κ1) is 9.08. The van der Waals surface area contributed by atoms with Crippen molar-refractivity contribution in [2.75, 3.05) is 14.1 Å². The summed E-state index contributed by atoms with van der Waals surface area (Å²) in [5.41, 5.74) is 0. The zero-order valence-electron chi connectivity index (χ0n) is 5.41. The summed E-state index contributed by atoms with van der Waals surface area (Å²) < 4.78 is 1.96. The number of halogens is 2. The fourth-order valence-corrected chi connectivity index (χ4v) is 1.64. The molecule has 8 heavy (non-hydrogen) atoms. The van der Waals surface area contributed by atoms with Gasteiger partial charge in [-0.1, -0.05) is 0 Å². The van der Waals surface area contributed by atoms with E-state index in [1.165, 1.54) is 0 Å². The van der Waals surface area contributed by atoms with E-state index in [-0.39, 0.29) is 0 Å². The summed E-state index contributed by atoms with van der Waals surface area (Å²) in [7, 11) is 15.7. The Kier molecular flexibility index (Phi) is 3.75. The molecule has 0 aliphatic heterocycles. The van der Waals surface area contributed by atoms with Crippen molar-refractivity contribution in [2.45, 2.75) is 12.2 Å². The number of hydrogen-bond acceptors (Lipinski definition) is 1.